The van der Waals surface area contributed by atoms with Crippen LogP contribution in [-0.2, 0) is 20.2 Å². The fourth-order valence-corrected chi connectivity index (χ4v) is 5.88. The van der Waals surface area contributed by atoms with Crippen LogP contribution in [0.2, 0.25) is 0 Å². The van der Waals surface area contributed by atoms with E-state index in [1.165, 1.54) is 12.9 Å². The van der Waals surface area contributed by atoms with Crippen LogP contribution >= 0.6 is 11.6 Å². The van der Waals surface area contributed by atoms with Crippen LogP contribution in [-0.4, -0.2) is 80.7 Å². The molecule has 0 aliphatic carbocycles. The van der Waals surface area contributed by atoms with E-state index < -0.39 is 20.2 Å². The average Bonchev–Trinajstić information content (AvgIpc) is 2.46. The lowest BCUT2D eigenvalue weighted by atomic mass is 10.1. The molecule has 2 fully saturated rings. The predicted octanol–water partition coefficient (Wildman–Crippen LogP) is -0.0983. The van der Waals surface area contributed by atoms with E-state index in [2.05, 4.69) is 0 Å². The minimum atomic E-state index is -3.55. The van der Waals surface area contributed by atoms with E-state index in [1.807, 2.05) is 0 Å². The Morgan fingerprint density at radius 3 is 2.05 bits per heavy atom. The summed E-state index contributed by atoms with van der Waals surface area (Å²) in [6, 6.07) is -0.154. The second-order valence-electron chi connectivity index (χ2n) is 5.48. The van der Waals surface area contributed by atoms with Crippen molar-refractivity contribution >= 4 is 31.8 Å². The minimum absolute atomic E-state index is 0.154. The van der Waals surface area contributed by atoms with Crippen molar-refractivity contribution in [3.05, 3.63) is 0 Å². The number of piperazine rings is 1. The fraction of sp³-hybridized carbons (Fsp3) is 1.00. The van der Waals surface area contributed by atoms with Crippen molar-refractivity contribution in [1.29, 1.82) is 0 Å². The van der Waals surface area contributed by atoms with Gasteiger partial charge in [0.1, 0.15) is 0 Å². The SMILES string of the molecule is CS(=O)(=O)N1CCN(S(=O)(=O)N2CCCCC2CCl)CC1. The van der Waals surface area contributed by atoms with Gasteiger partial charge >= 0.3 is 0 Å². The van der Waals surface area contributed by atoms with Crippen molar-refractivity contribution in [3.63, 3.8) is 0 Å². The molecule has 2 heterocycles. The summed E-state index contributed by atoms with van der Waals surface area (Å²) in [5, 5.41) is 0. The molecule has 124 valence electrons. The second kappa shape index (κ2) is 6.67. The number of nitrogens with zero attached hydrogens (tertiary/aromatic N) is 3. The maximum absolute atomic E-state index is 12.7. The van der Waals surface area contributed by atoms with Gasteiger partial charge in [-0.3, -0.25) is 0 Å². The highest BCUT2D eigenvalue weighted by atomic mass is 35.5. The number of halogens is 1. The van der Waals surface area contributed by atoms with Crippen LogP contribution in [0.3, 0.4) is 0 Å². The summed E-state index contributed by atoms with van der Waals surface area (Å²) < 4.78 is 52.5. The molecule has 0 amide bonds. The molecule has 1 atom stereocenters. The lowest BCUT2D eigenvalue weighted by Crippen LogP contribution is -2.56. The minimum Gasteiger partial charge on any atom is -0.213 e. The number of hydrogen-bond donors (Lipinski definition) is 0. The molecule has 10 heteroatoms. The summed E-state index contributed by atoms with van der Waals surface area (Å²) in [6.45, 7) is 1.29. The summed E-state index contributed by atoms with van der Waals surface area (Å²) >= 11 is 5.89. The normalized spacial score (nSPS) is 27.8. The van der Waals surface area contributed by atoms with Gasteiger partial charge in [0.25, 0.3) is 10.2 Å². The molecule has 21 heavy (non-hydrogen) atoms. The first-order chi connectivity index (χ1) is 9.76. The Hall–Kier alpha value is 0.0700. The first-order valence-corrected chi connectivity index (χ1v) is 10.8. The lowest BCUT2D eigenvalue weighted by Gasteiger charge is -2.39. The third kappa shape index (κ3) is 3.89. The fourth-order valence-electron chi connectivity index (χ4n) is 2.81. The summed E-state index contributed by atoms with van der Waals surface area (Å²) in [4.78, 5) is 0. The third-order valence-corrected chi connectivity index (χ3v) is 7.79. The van der Waals surface area contributed by atoms with Gasteiger partial charge in [-0.25, -0.2) is 8.42 Å². The van der Waals surface area contributed by atoms with Crippen LogP contribution in [0.25, 0.3) is 0 Å². The summed E-state index contributed by atoms with van der Waals surface area (Å²) in [5.41, 5.74) is 0. The van der Waals surface area contributed by atoms with Gasteiger partial charge in [-0.15, -0.1) is 11.6 Å². The molecule has 2 aliphatic rings. The molecule has 0 spiro atoms. The molecule has 2 aliphatic heterocycles. The Morgan fingerprint density at radius 1 is 0.952 bits per heavy atom. The topological polar surface area (TPSA) is 78.0 Å². The van der Waals surface area contributed by atoms with E-state index in [1.54, 1.807) is 0 Å². The molecular weight excluding hydrogens is 338 g/mol. The second-order valence-corrected chi connectivity index (χ2v) is 9.66. The van der Waals surface area contributed by atoms with Crippen molar-refractivity contribution < 1.29 is 16.8 Å². The molecule has 0 bridgehead atoms. The average molecular weight is 360 g/mol. The van der Waals surface area contributed by atoms with Crippen molar-refractivity contribution in [2.45, 2.75) is 25.3 Å². The summed E-state index contributed by atoms with van der Waals surface area (Å²) in [6.07, 6.45) is 3.76. The van der Waals surface area contributed by atoms with Gasteiger partial charge < -0.3 is 0 Å². The maximum Gasteiger partial charge on any atom is 0.282 e. The van der Waals surface area contributed by atoms with Crippen LogP contribution in [0.5, 0.6) is 0 Å². The lowest BCUT2D eigenvalue weighted by molar-refractivity contribution is 0.221. The van der Waals surface area contributed by atoms with Crippen molar-refractivity contribution in [2.75, 3.05) is 44.9 Å². The van der Waals surface area contributed by atoms with E-state index in [-0.39, 0.29) is 32.2 Å². The molecule has 0 saturated carbocycles. The van der Waals surface area contributed by atoms with Gasteiger partial charge in [0, 0.05) is 44.6 Å². The van der Waals surface area contributed by atoms with Crippen LogP contribution in [0.15, 0.2) is 0 Å². The quantitative estimate of drug-likeness (QED) is 0.657. The van der Waals surface area contributed by atoms with E-state index in [9.17, 15) is 16.8 Å². The zero-order valence-corrected chi connectivity index (χ0v) is 14.5. The highest BCUT2D eigenvalue weighted by Gasteiger charge is 2.38. The standard InChI is InChI=1S/C11H22ClN3O4S2/c1-20(16,17)13-6-8-14(9-7-13)21(18,19)15-5-3-2-4-11(15)10-12/h11H,2-10H2,1H3. The summed E-state index contributed by atoms with van der Waals surface area (Å²) in [5.74, 6) is 0.294. The number of alkyl halides is 1. The molecule has 0 aromatic carbocycles. The van der Waals surface area contributed by atoms with Gasteiger partial charge in [0.2, 0.25) is 10.0 Å². The van der Waals surface area contributed by atoms with E-state index in [0.717, 1.165) is 25.5 Å². The Bertz CT molecular complexity index is 558. The van der Waals surface area contributed by atoms with Crippen molar-refractivity contribution in [1.82, 2.24) is 12.9 Å². The maximum atomic E-state index is 12.7. The highest BCUT2D eigenvalue weighted by Crippen LogP contribution is 2.24. The first kappa shape index (κ1) is 17.4. The molecule has 0 aromatic rings. The molecule has 2 saturated heterocycles. The molecular formula is C11H22ClN3O4S2. The Labute approximate surface area is 132 Å². The number of piperidine rings is 1. The Kier molecular flexibility index (Phi) is 5.54. The monoisotopic (exact) mass is 359 g/mol. The van der Waals surface area contributed by atoms with E-state index in [0.29, 0.717) is 12.4 Å². The molecule has 2 rings (SSSR count). The van der Waals surface area contributed by atoms with Gasteiger partial charge in [-0.2, -0.15) is 21.3 Å². The van der Waals surface area contributed by atoms with Gasteiger partial charge in [-0.05, 0) is 12.8 Å². The number of sulfonamides is 1. The predicted molar refractivity (Wildman–Crippen MR) is 82.0 cm³/mol. The first-order valence-electron chi connectivity index (χ1n) is 7.05. The zero-order valence-electron chi connectivity index (χ0n) is 12.1. The molecule has 0 radical (unpaired) electrons. The Balaban J connectivity index is 2.07. The van der Waals surface area contributed by atoms with Gasteiger partial charge in [0.05, 0.1) is 6.26 Å². The van der Waals surface area contributed by atoms with Gasteiger partial charge in [-0.1, -0.05) is 6.42 Å². The van der Waals surface area contributed by atoms with Gasteiger partial charge in [0.15, 0.2) is 0 Å². The number of rotatable bonds is 4. The van der Waals surface area contributed by atoms with Crippen LogP contribution < -0.4 is 0 Å². The Morgan fingerprint density at radius 2 is 1.52 bits per heavy atom. The summed E-state index contributed by atoms with van der Waals surface area (Å²) in [7, 11) is -6.81. The highest BCUT2D eigenvalue weighted by molar-refractivity contribution is 7.88. The smallest absolute Gasteiger partial charge is 0.213 e. The largest absolute Gasteiger partial charge is 0.282 e. The molecule has 0 N–H and O–H groups in total. The number of hydrogen-bond acceptors (Lipinski definition) is 4. The van der Waals surface area contributed by atoms with Crippen molar-refractivity contribution in [3.8, 4) is 0 Å². The van der Waals surface area contributed by atoms with Crippen molar-refractivity contribution in [2.24, 2.45) is 0 Å². The molecule has 7 nitrogen and oxygen atoms in total. The van der Waals surface area contributed by atoms with Crippen LogP contribution in [0.1, 0.15) is 19.3 Å². The molecule has 1 unspecified atom stereocenters. The third-order valence-electron chi connectivity index (χ3n) is 4.04. The molecule has 0 aromatic heterocycles. The zero-order chi connectivity index (χ0) is 15.7. The van der Waals surface area contributed by atoms with E-state index >= 15 is 0 Å². The van der Waals surface area contributed by atoms with E-state index in [4.69, 9.17) is 11.6 Å². The van der Waals surface area contributed by atoms with Crippen LogP contribution in [0, 0.1) is 0 Å². The van der Waals surface area contributed by atoms with Crippen LogP contribution in [0.4, 0.5) is 0 Å².